The van der Waals surface area contributed by atoms with Gasteiger partial charge in [0, 0.05) is 12.5 Å². The molecule has 1 N–H and O–H groups in total. The van der Waals surface area contributed by atoms with Crippen LogP contribution in [0.2, 0.25) is 0 Å². The van der Waals surface area contributed by atoms with Crippen molar-refractivity contribution in [3.05, 3.63) is 29.8 Å². The van der Waals surface area contributed by atoms with Crippen molar-refractivity contribution in [3.8, 4) is 24.0 Å². The van der Waals surface area contributed by atoms with E-state index in [0.29, 0.717) is 17.7 Å². The molecule has 1 aromatic carbocycles. The molecule has 0 radical (unpaired) electrons. The third kappa shape index (κ3) is 3.73. The molecule has 0 amide bonds. The van der Waals surface area contributed by atoms with Crippen molar-refractivity contribution in [1.82, 2.24) is 0 Å². The quantitative estimate of drug-likeness (QED) is 0.466. The number of nitrogens with one attached hydrogen (secondary N) is 1. The second-order valence-corrected chi connectivity index (χ2v) is 9.09. The van der Waals surface area contributed by atoms with E-state index >= 15 is 0 Å². The Labute approximate surface area is 196 Å². The van der Waals surface area contributed by atoms with Crippen LogP contribution >= 0.6 is 0 Å². The molecule has 0 aliphatic carbocycles. The molecule has 0 spiro atoms. The van der Waals surface area contributed by atoms with Gasteiger partial charge in [0.25, 0.3) is 0 Å². The minimum atomic E-state index is -1.89. The summed E-state index contributed by atoms with van der Waals surface area (Å²) in [4.78, 5) is 0. The zero-order valence-electron chi connectivity index (χ0n) is 19.7. The predicted molar refractivity (Wildman–Crippen MR) is 122 cm³/mol. The number of ether oxygens (including phenoxy) is 3. The van der Waals surface area contributed by atoms with Gasteiger partial charge in [-0.2, -0.15) is 15.8 Å². The lowest BCUT2D eigenvalue weighted by Crippen LogP contribution is -2.60. The van der Waals surface area contributed by atoms with Crippen LogP contribution in [0.15, 0.2) is 24.3 Å². The topological polar surface area (TPSA) is 123 Å². The summed E-state index contributed by atoms with van der Waals surface area (Å²) in [5.74, 6) is -2.15. The second kappa shape index (κ2) is 9.82. The number of nitriles is 3. The summed E-state index contributed by atoms with van der Waals surface area (Å²) >= 11 is 0. The summed E-state index contributed by atoms with van der Waals surface area (Å²) in [6, 6.07) is 13.6. The highest BCUT2D eigenvalue weighted by atomic mass is 16.7. The normalized spacial score (nSPS) is 29.4. The van der Waals surface area contributed by atoms with Gasteiger partial charge < -0.3 is 14.2 Å². The van der Waals surface area contributed by atoms with E-state index in [2.05, 4.69) is 25.1 Å². The first-order valence-corrected chi connectivity index (χ1v) is 11.7. The predicted octanol–water partition coefficient (Wildman–Crippen LogP) is 5.59. The molecule has 2 aliphatic rings. The highest BCUT2D eigenvalue weighted by Crippen LogP contribution is 2.67. The maximum Gasteiger partial charge on any atom is 0.218 e. The Bertz CT molecular complexity index is 990. The monoisotopic (exact) mass is 448 g/mol. The molecule has 3 rings (SSSR count). The first-order valence-electron chi connectivity index (χ1n) is 11.7. The first kappa shape index (κ1) is 24.6. The second-order valence-electron chi connectivity index (χ2n) is 9.09. The van der Waals surface area contributed by atoms with E-state index in [9.17, 15) is 15.8 Å². The Morgan fingerprint density at radius 1 is 1.00 bits per heavy atom. The average molecular weight is 449 g/mol. The van der Waals surface area contributed by atoms with Crippen LogP contribution in [0.1, 0.15) is 76.7 Å². The fourth-order valence-electron chi connectivity index (χ4n) is 5.52. The van der Waals surface area contributed by atoms with Crippen molar-refractivity contribution >= 4 is 5.90 Å². The Morgan fingerprint density at radius 2 is 1.64 bits per heavy atom. The summed E-state index contributed by atoms with van der Waals surface area (Å²) in [6.07, 6.45) is 7.19. The lowest BCUT2D eigenvalue weighted by atomic mass is 9.52. The molecule has 4 unspecified atom stereocenters. The highest BCUT2D eigenvalue weighted by Gasteiger charge is 2.79. The maximum atomic E-state index is 10.5. The Kier molecular flexibility index (Phi) is 7.31. The molecular formula is C26H32N4O3. The number of hydrogen-bond donors (Lipinski definition) is 1. The molecule has 2 saturated heterocycles. The Balaban J connectivity index is 1.99. The number of nitrogens with zero attached hydrogens (tertiary/aromatic N) is 3. The molecule has 2 fully saturated rings. The van der Waals surface area contributed by atoms with Gasteiger partial charge in [0.15, 0.2) is 10.8 Å². The fraction of sp³-hybridized carbons (Fsp3) is 0.615. The SMILES string of the molecule is CCCCCCCCCC1OC2(C)OC(=N)C(C#N)(C2c2ccccc2OC)C1(C#N)C#N. The van der Waals surface area contributed by atoms with Crippen LogP contribution in [0.3, 0.4) is 0 Å². The van der Waals surface area contributed by atoms with E-state index in [1.165, 1.54) is 26.4 Å². The summed E-state index contributed by atoms with van der Waals surface area (Å²) in [6.45, 7) is 3.87. The summed E-state index contributed by atoms with van der Waals surface area (Å²) in [5.41, 5.74) is -3.12. The van der Waals surface area contributed by atoms with Gasteiger partial charge in [0.05, 0.1) is 37.3 Å². The molecule has 7 nitrogen and oxygen atoms in total. The van der Waals surface area contributed by atoms with Gasteiger partial charge in [-0.1, -0.05) is 70.1 Å². The zero-order chi connectivity index (χ0) is 24.1. The summed E-state index contributed by atoms with van der Waals surface area (Å²) in [5, 5.41) is 39.8. The number of fused-ring (bicyclic) bond motifs is 2. The molecule has 2 aliphatic heterocycles. The summed E-state index contributed by atoms with van der Waals surface area (Å²) in [7, 11) is 1.52. The highest BCUT2D eigenvalue weighted by molar-refractivity contribution is 5.90. The van der Waals surface area contributed by atoms with E-state index in [1.54, 1.807) is 31.2 Å². The summed E-state index contributed by atoms with van der Waals surface area (Å²) < 4.78 is 17.7. The molecule has 0 aromatic heterocycles. The average Bonchev–Trinajstić information content (AvgIpc) is 3.01. The van der Waals surface area contributed by atoms with Crippen LogP contribution in [0.25, 0.3) is 0 Å². The van der Waals surface area contributed by atoms with Crippen molar-refractivity contribution in [1.29, 1.82) is 21.2 Å². The van der Waals surface area contributed by atoms with E-state index in [1.807, 2.05) is 0 Å². The number of para-hydroxylation sites is 1. The van der Waals surface area contributed by atoms with Crippen molar-refractivity contribution < 1.29 is 14.2 Å². The number of methoxy groups -OCH3 is 1. The largest absolute Gasteiger partial charge is 0.496 e. The van der Waals surface area contributed by atoms with Gasteiger partial charge in [-0.15, -0.1) is 0 Å². The number of hydrogen-bond acceptors (Lipinski definition) is 7. The van der Waals surface area contributed by atoms with E-state index in [0.717, 1.165) is 25.7 Å². The van der Waals surface area contributed by atoms with Gasteiger partial charge in [-0.25, -0.2) is 0 Å². The lowest BCUT2D eigenvalue weighted by Gasteiger charge is -2.49. The lowest BCUT2D eigenvalue weighted by molar-refractivity contribution is -0.252. The third-order valence-electron chi connectivity index (χ3n) is 7.15. The van der Waals surface area contributed by atoms with Crippen molar-refractivity contribution in [2.24, 2.45) is 10.8 Å². The molecule has 2 bridgehead atoms. The standard InChI is InChI=1S/C26H32N4O3/c1-4-5-6-7-8-9-10-15-21-25(16-27,17-28)26(18-29)22(24(2,32-21)33-23(26)30)19-13-11-12-14-20(19)31-3/h11-14,21-22,30H,4-10,15H2,1-3H3. The zero-order valence-corrected chi connectivity index (χ0v) is 19.7. The number of benzene rings is 1. The van der Waals surface area contributed by atoms with E-state index in [4.69, 9.17) is 19.6 Å². The maximum absolute atomic E-state index is 10.5. The van der Waals surface area contributed by atoms with Gasteiger partial charge in [-0.05, 0) is 12.5 Å². The van der Waals surface area contributed by atoms with Gasteiger partial charge in [0.1, 0.15) is 5.75 Å². The molecular weight excluding hydrogens is 416 g/mol. The number of unbranched alkanes of at least 4 members (excludes halogenated alkanes) is 6. The Morgan fingerprint density at radius 3 is 2.24 bits per heavy atom. The van der Waals surface area contributed by atoms with E-state index in [-0.39, 0.29) is 0 Å². The number of rotatable bonds is 10. The third-order valence-corrected chi connectivity index (χ3v) is 7.15. The van der Waals surface area contributed by atoms with Crippen molar-refractivity contribution in [2.75, 3.05) is 7.11 Å². The smallest absolute Gasteiger partial charge is 0.218 e. The Hall–Kier alpha value is -3.08. The molecule has 1 aromatic rings. The van der Waals surface area contributed by atoms with Crippen LogP contribution in [0.4, 0.5) is 0 Å². The van der Waals surface area contributed by atoms with Crippen LogP contribution < -0.4 is 4.74 Å². The van der Waals surface area contributed by atoms with Crippen LogP contribution in [-0.2, 0) is 9.47 Å². The molecule has 33 heavy (non-hydrogen) atoms. The molecule has 0 saturated carbocycles. The minimum absolute atomic E-state index is 0.395. The van der Waals surface area contributed by atoms with Gasteiger partial charge in [0.2, 0.25) is 11.7 Å². The van der Waals surface area contributed by atoms with Crippen molar-refractivity contribution in [2.45, 2.75) is 83.0 Å². The fourth-order valence-corrected chi connectivity index (χ4v) is 5.52. The van der Waals surface area contributed by atoms with Crippen molar-refractivity contribution in [3.63, 3.8) is 0 Å². The molecule has 174 valence electrons. The van der Waals surface area contributed by atoms with Gasteiger partial charge in [-0.3, -0.25) is 5.41 Å². The first-order chi connectivity index (χ1) is 15.9. The molecule has 7 heteroatoms. The van der Waals surface area contributed by atoms with E-state index < -0.39 is 34.5 Å². The van der Waals surface area contributed by atoms with Crippen LogP contribution in [0, 0.1) is 50.2 Å². The van der Waals surface area contributed by atoms with Gasteiger partial charge >= 0.3 is 0 Å². The molecule has 4 atom stereocenters. The van der Waals surface area contributed by atoms with Crippen LogP contribution in [-0.4, -0.2) is 24.9 Å². The van der Waals surface area contributed by atoms with Crippen LogP contribution in [0.5, 0.6) is 5.75 Å². The minimum Gasteiger partial charge on any atom is -0.496 e. The molecule has 2 heterocycles.